The highest BCUT2D eigenvalue weighted by Crippen LogP contribution is 2.35. The number of aliphatic hydroxyl groups is 1. The first kappa shape index (κ1) is 16.7. The minimum Gasteiger partial charge on any atom is -0.496 e. The fourth-order valence-electron chi connectivity index (χ4n) is 3.09. The first-order valence-electron chi connectivity index (χ1n) is 7.73. The highest BCUT2D eigenvalue weighted by molar-refractivity contribution is 5.77. The van der Waals surface area contributed by atoms with E-state index in [1.165, 1.54) is 6.07 Å². The molecule has 1 unspecified atom stereocenters. The molecule has 1 heterocycles. The van der Waals surface area contributed by atoms with Crippen LogP contribution in [0.4, 0.5) is 4.39 Å². The van der Waals surface area contributed by atoms with Crippen LogP contribution in [-0.2, 0) is 4.79 Å². The van der Waals surface area contributed by atoms with Gasteiger partial charge in [-0.05, 0) is 36.0 Å². The van der Waals surface area contributed by atoms with Gasteiger partial charge in [0.1, 0.15) is 18.2 Å². The zero-order valence-electron chi connectivity index (χ0n) is 13.4. The van der Waals surface area contributed by atoms with E-state index in [0.29, 0.717) is 24.4 Å². The summed E-state index contributed by atoms with van der Waals surface area (Å²) in [6.07, 6.45) is 1.66. The van der Waals surface area contributed by atoms with Crippen LogP contribution in [0.15, 0.2) is 12.1 Å². The summed E-state index contributed by atoms with van der Waals surface area (Å²) in [6.45, 7) is 4.68. The van der Waals surface area contributed by atoms with E-state index in [4.69, 9.17) is 9.84 Å². The number of amides is 1. The Morgan fingerprint density at radius 3 is 2.82 bits per heavy atom. The third-order valence-electron chi connectivity index (χ3n) is 4.32. The van der Waals surface area contributed by atoms with E-state index in [-0.39, 0.29) is 23.6 Å². The van der Waals surface area contributed by atoms with Crippen LogP contribution in [0, 0.1) is 5.82 Å². The average molecular weight is 309 g/mol. The predicted octanol–water partition coefficient (Wildman–Crippen LogP) is 2.66. The molecule has 0 saturated carbocycles. The summed E-state index contributed by atoms with van der Waals surface area (Å²) in [6, 6.07) is 3.31. The highest BCUT2D eigenvalue weighted by Gasteiger charge is 2.27. The Labute approximate surface area is 130 Å². The third-order valence-corrected chi connectivity index (χ3v) is 4.32. The largest absolute Gasteiger partial charge is 0.496 e. The van der Waals surface area contributed by atoms with Crippen LogP contribution in [0.3, 0.4) is 0 Å². The number of likely N-dealkylation sites (tertiary alicyclic amines) is 1. The Balaban J connectivity index is 2.31. The zero-order chi connectivity index (χ0) is 16.3. The topological polar surface area (TPSA) is 49.8 Å². The molecule has 0 radical (unpaired) electrons. The monoisotopic (exact) mass is 309 g/mol. The molecule has 122 valence electrons. The van der Waals surface area contributed by atoms with Gasteiger partial charge in [0.05, 0.1) is 7.11 Å². The summed E-state index contributed by atoms with van der Waals surface area (Å²) in [5.74, 6) is 0.184. The van der Waals surface area contributed by atoms with Crippen LogP contribution in [0.2, 0.25) is 0 Å². The van der Waals surface area contributed by atoms with Gasteiger partial charge in [0, 0.05) is 25.1 Å². The minimum atomic E-state index is -0.491. The van der Waals surface area contributed by atoms with E-state index in [9.17, 15) is 9.18 Å². The number of halogens is 1. The SMILES string of the molecule is COc1cc(F)c(C2CCCN(C(=O)CO)C2)cc1C(C)C. The zero-order valence-corrected chi connectivity index (χ0v) is 13.4. The second-order valence-electron chi connectivity index (χ2n) is 6.11. The molecule has 2 rings (SSSR count). The van der Waals surface area contributed by atoms with Gasteiger partial charge in [-0.1, -0.05) is 13.8 Å². The van der Waals surface area contributed by atoms with Gasteiger partial charge in [-0.2, -0.15) is 0 Å². The Morgan fingerprint density at radius 2 is 2.23 bits per heavy atom. The van der Waals surface area contributed by atoms with E-state index < -0.39 is 6.61 Å². The van der Waals surface area contributed by atoms with Crippen molar-refractivity contribution < 1.29 is 19.0 Å². The maximum Gasteiger partial charge on any atom is 0.248 e. The molecule has 22 heavy (non-hydrogen) atoms. The highest BCUT2D eigenvalue weighted by atomic mass is 19.1. The molecule has 1 aromatic rings. The molecule has 1 amide bonds. The van der Waals surface area contributed by atoms with Crippen LogP contribution < -0.4 is 4.74 Å². The standard InChI is InChI=1S/C17H24FNO3/c1-11(2)13-7-14(15(18)8-16(13)22-3)12-5-4-6-19(9-12)17(21)10-20/h7-8,11-12,20H,4-6,9-10H2,1-3H3. The van der Waals surface area contributed by atoms with Gasteiger partial charge < -0.3 is 14.7 Å². The number of carbonyl (C=O) groups is 1. The third kappa shape index (κ3) is 3.40. The van der Waals surface area contributed by atoms with Gasteiger partial charge in [-0.25, -0.2) is 4.39 Å². The van der Waals surface area contributed by atoms with Gasteiger partial charge in [0.25, 0.3) is 0 Å². The molecule has 1 fully saturated rings. The normalized spacial score (nSPS) is 18.6. The van der Waals surface area contributed by atoms with Crippen LogP contribution in [-0.4, -0.2) is 42.7 Å². The Bertz CT molecular complexity index is 545. The van der Waals surface area contributed by atoms with Gasteiger partial charge in [-0.3, -0.25) is 4.79 Å². The Kier molecular flexibility index (Phi) is 5.40. The molecule has 1 saturated heterocycles. The van der Waals surface area contributed by atoms with Gasteiger partial charge >= 0.3 is 0 Å². The molecule has 0 spiro atoms. The number of hydrogen-bond acceptors (Lipinski definition) is 3. The predicted molar refractivity (Wildman–Crippen MR) is 82.7 cm³/mol. The summed E-state index contributed by atoms with van der Waals surface area (Å²) in [7, 11) is 1.54. The summed E-state index contributed by atoms with van der Waals surface area (Å²) < 4.78 is 19.7. The van der Waals surface area contributed by atoms with E-state index in [1.54, 1.807) is 12.0 Å². The van der Waals surface area contributed by atoms with E-state index in [1.807, 2.05) is 19.9 Å². The van der Waals surface area contributed by atoms with Crippen LogP contribution >= 0.6 is 0 Å². The average Bonchev–Trinajstić information content (AvgIpc) is 2.53. The van der Waals surface area contributed by atoms with Crippen LogP contribution in [0.25, 0.3) is 0 Å². The van der Waals surface area contributed by atoms with Gasteiger partial charge in [-0.15, -0.1) is 0 Å². The fourth-order valence-corrected chi connectivity index (χ4v) is 3.09. The van der Waals surface area contributed by atoms with Gasteiger partial charge in [0.15, 0.2) is 0 Å². The number of aliphatic hydroxyl groups excluding tert-OH is 1. The number of hydrogen-bond donors (Lipinski definition) is 1. The molecule has 5 heteroatoms. The van der Waals surface area contributed by atoms with Crippen molar-refractivity contribution in [3.63, 3.8) is 0 Å². The lowest BCUT2D eigenvalue weighted by molar-refractivity contribution is -0.135. The van der Waals surface area contributed by atoms with Crippen molar-refractivity contribution in [2.24, 2.45) is 0 Å². The molecular weight excluding hydrogens is 285 g/mol. The number of methoxy groups -OCH3 is 1. The maximum absolute atomic E-state index is 14.4. The quantitative estimate of drug-likeness (QED) is 0.930. The first-order valence-corrected chi connectivity index (χ1v) is 7.73. The summed E-state index contributed by atoms with van der Waals surface area (Å²) >= 11 is 0. The molecule has 0 aliphatic carbocycles. The van der Waals surface area contributed by atoms with Crippen molar-refractivity contribution in [1.29, 1.82) is 0 Å². The van der Waals surface area contributed by atoms with Crippen molar-refractivity contribution >= 4 is 5.91 Å². The van der Waals surface area contributed by atoms with Crippen molar-refractivity contribution in [3.8, 4) is 5.75 Å². The number of nitrogens with zero attached hydrogens (tertiary/aromatic N) is 1. The summed E-state index contributed by atoms with van der Waals surface area (Å²) in [5, 5.41) is 9.00. The van der Waals surface area contributed by atoms with E-state index >= 15 is 0 Å². The van der Waals surface area contributed by atoms with E-state index in [2.05, 4.69) is 0 Å². The molecule has 0 bridgehead atoms. The Morgan fingerprint density at radius 1 is 1.50 bits per heavy atom. The number of benzene rings is 1. The van der Waals surface area contributed by atoms with Crippen molar-refractivity contribution in [3.05, 3.63) is 29.1 Å². The van der Waals surface area contributed by atoms with Gasteiger partial charge in [0.2, 0.25) is 5.91 Å². The van der Waals surface area contributed by atoms with Crippen molar-refractivity contribution in [2.45, 2.75) is 38.5 Å². The van der Waals surface area contributed by atoms with Crippen molar-refractivity contribution in [2.75, 3.05) is 26.8 Å². The van der Waals surface area contributed by atoms with E-state index in [0.717, 1.165) is 18.4 Å². The Hall–Kier alpha value is -1.62. The molecule has 1 N–H and O–H groups in total. The molecule has 1 aliphatic heterocycles. The molecule has 0 aromatic heterocycles. The van der Waals surface area contributed by atoms with Crippen molar-refractivity contribution in [1.82, 2.24) is 4.90 Å². The number of ether oxygens (including phenoxy) is 1. The lowest BCUT2D eigenvalue weighted by Gasteiger charge is -2.33. The maximum atomic E-state index is 14.4. The second kappa shape index (κ2) is 7.09. The van der Waals surface area contributed by atoms with Crippen LogP contribution in [0.5, 0.6) is 5.75 Å². The minimum absolute atomic E-state index is 0.0346. The molecule has 1 atom stereocenters. The van der Waals surface area contributed by atoms with Crippen LogP contribution in [0.1, 0.15) is 49.7 Å². The lowest BCUT2D eigenvalue weighted by Crippen LogP contribution is -2.40. The second-order valence-corrected chi connectivity index (χ2v) is 6.11. The number of rotatable bonds is 4. The molecular formula is C17H24FNO3. The smallest absolute Gasteiger partial charge is 0.248 e. The first-order chi connectivity index (χ1) is 10.5. The number of carbonyl (C=O) groups excluding carboxylic acids is 1. The number of piperidine rings is 1. The molecule has 1 aliphatic rings. The lowest BCUT2D eigenvalue weighted by atomic mass is 9.87. The fraction of sp³-hybridized carbons (Fsp3) is 0.588. The molecule has 1 aromatic carbocycles. The molecule has 4 nitrogen and oxygen atoms in total. The summed E-state index contributed by atoms with van der Waals surface area (Å²) in [4.78, 5) is 13.3. The summed E-state index contributed by atoms with van der Waals surface area (Å²) in [5.41, 5.74) is 1.62.